The normalized spacial score (nSPS) is 42.9. The molecule has 0 radical (unpaired) electrons. The molecule has 1 aliphatic heterocycles. The molecular weight excluding hydrogens is 230 g/mol. The van der Waals surface area contributed by atoms with Gasteiger partial charge in [0.25, 0.3) is 0 Å². The number of hydrogen-bond acceptors (Lipinski definition) is 3. The van der Waals surface area contributed by atoms with Crippen molar-refractivity contribution in [3.8, 4) is 0 Å². The molecule has 1 heterocycles. The number of nitrogens with zero attached hydrogens (tertiary/aromatic N) is 1. The first kappa shape index (κ1) is 13.7. The van der Waals surface area contributed by atoms with Crippen LogP contribution in [-0.4, -0.2) is 46.2 Å². The van der Waals surface area contributed by atoms with Crippen LogP contribution in [0.3, 0.4) is 0 Å². The predicted octanol–water partition coefficient (Wildman–Crippen LogP) is 2.61. The zero-order valence-corrected chi connectivity index (χ0v) is 12.5. The van der Waals surface area contributed by atoms with Crippen molar-refractivity contribution in [2.45, 2.75) is 57.1 Å². The van der Waals surface area contributed by atoms with Gasteiger partial charge in [-0.3, -0.25) is 0 Å². The van der Waals surface area contributed by atoms with E-state index in [1.165, 1.54) is 25.9 Å². The molecule has 2 rings (SSSR count). The summed E-state index contributed by atoms with van der Waals surface area (Å²) in [6, 6.07) is 0. The fourth-order valence-corrected chi connectivity index (χ4v) is 4.84. The molecule has 0 aromatic carbocycles. The van der Waals surface area contributed by atoms with Gasteiger partial charge in [0.05, 0.1) is 6.10 Å². The van der Waals surface area contributed by atoms with E-state index in [1.54, 1.807) is 0 Å². The maximum absolute atomic E-state index is 10.3. The molecule has 3 heteroatoms. The Morgan fingerprint density at radius 2 is 1.82 bits per heavy atom. The molecular formula is C14H27NOS. The van der Waals surface area contributed by atoms with Gasteiger partial charge >= 0.3 is 0 Å². The lowest BCUT2D eigenvalue weighted by Gasteiger charge is -2.37. The van der Waals surface area contributed by atoms with E-state index in [0.29, 0.717) is 5.92 Å². The first-order valence-electron chi connectivity index (χ1n) is 6.94. The maximum atomic E-state index is 10.3. The van der Waals surface area contributed by atoms with Crippen molar-refractivity contribution >= 4 is 11.8 Å². The molecule has 1 saturated carbocycles. The second-order valence-corrected chi connectivity index (χ2v) is 8.59. The molecule has 1 saturated heterocycles. The van der Waals surface area contributed by atoms with Crippen LogP contribution in [-0.2, 0) is 0 Å². The number of rotatable bonds is 2. The van der Waals surface area contributed by atoms with Crippen molar-refractivity contribution < 1.29 is 5.11 Å². The standard InChI is InChI=1S/C14H27NOS/c1-10-7-15(8-11(2)17-10)9-12-5-6-14(3,4)13(12)16/h10-13,16H,5-9H2,1-4H3. The third kappa shape index (κ3) is 3.18. The molecule has 2 aliphatic rings. The topological polar surface area (TPSA) is 23.5 Å². The Balaban J connectivity index is 1.89. The molecule has 17 heavy (non-hydrogen) atoms. The quantitative estimate of drug-likeness (QED) is 0.822. The highest BCUT2D eigenvalue weighted by Gasteiger charge is 2.41. The van der Waals surface area contributed by atoms with Gasteiger partial charge in [0.2, 0.25) is 0 Å². The lowest BCUT2D eigenvalue weighted by molar-refractivity contribution is 0.0324. The SMILES string of the molecule is CC1CN(CC2CCC(C)(C)C2O)CC(C)S1. The number of hydrogen-bond donors (Lipinski definition) is 1. The molecule has 1 aliphatic carbocycles. The highest BCUT2D eigenvalue weighted by Crippen LogP contribution is 2.42. The summed E-state index contributed by atoms with van der Waals surface area (Å²) >= 11 is 2.10. The predicted molar refractivity (Wildman–Crippen MR) is 75.5 cm³/mol. The second-order valence-electron chi connectivity index (χ2n) is 6.71. The van der Waals surface area contributed by atoms with E-state index in [4.69, 9.17) is 0 Å². The highest BCUT2D eigenvalue weighted by atomic mass is 32.2. The van der Waals surface area contributed by atoms with Crippen molar-refractivity contribution in [2.24, 2.45) is 11.3 Å². The van der Waals surface area contributed by atoms with Gasteiger partial charge in [-0.1, -0.05) is 27.7 Å². The summed E-state index contributed by atoms with van der Waals surface area (Å²) in [5, 5.41) is 11.8. The second kappa shape index (κ2) is 5.10. The van der Waals surface area contributed by atoms with Gasteiger partial charge in [-0.15, -0.1) is 0 Å². The lowest BCUT2D eigenvalue weighted by Crippen LogP contribution is -2.44. The van der Waals surface area contributed by atoms with Crippen molar-refractivity contribution in [1.29, 1.82) is 0 Å². The third-order valence-electron chi connectivity index (χ3n) is 4.39. The van der Waals surface area contributed by atoms with Crippen LogP contribution in [0, 0.1) is 11.3 Å². The van der Waals surface area contributed by atoms with Crippen LogP contribution in [0.5, 0.6) is 0 Å². The summed E-state index contributed by atoms with van der Waals surface area (Å²) in [5.41, 5.74) is 0.131. The average Bonchev–Trinajstić information content (AvgIpc) is 2.44. The summed E-state index contributed by atoms with van der Waals surface area (Å²) in [7, 11) is 0. The van der Waals surface area contributed by atoms with Gasteiger partial charge < -0.3 is 10.0 Å². The summed E-state index contributed by atoms with van der Waals surface area (Å²) in [5.74, 6) is 0.493. The van der Waals surface area contributed by atoms with Crippen molar-refractivity contribution in [1.82, 2.24) is 4.90 Å². The summed E-state index contributed by atoms with van der Waals surface area (Å²) in [6.07, 6.45) is 2.26. The largest absolute Gasteiger partial charge is 0.392 e. The minimum atomic E-state index is -0.109. The fraction of sp³-hybridized carbons (Fsp3) is 1.00. The Morgan fingerprint density at radius 1 is 1.24 bits per heavy atom. The summed E-state index contributed by atoms with van der Waals surface area (Å²) in [6.45, 7) is 12.5. The van der Waals surface area contributed by atoms with Crippen LogP contribution in [0.4, 0.5) is 0 Å². The first-order valence-corrected chi connectivity index (χ1v) is 7.88. The van der Waals surface area contributed by atoms with E-state index in [0.717, 1.165) is 17.0 Å². The molecule has 1 N–H and O–H groups in total. The van der Waals surface area contributed by atoms with Crippen LogP contribution < -0.4 is 0 Å². The monoisotopic (exact) mass is 257 g/mol. The molecule has 100 valence electrons. The van der Waals surface area contributed by atoms with Gasteiger partial charge in [0, 0.05) is 30.1 Å². The molecule has 2 nitrogen and oxygen atoms in total. The fourth-order valence-electron chi connectivity index (χ4n) is 3.46. The van der Waals surface area contributed by atoms with Gasteiger partial charge in [0.15, 0.2) is 0 Å². The lowest BCUT2D eigenvalue weighted by atomic mass is 9.87. The summed E-state index contributed by atoms with van der Waals surface area (Å²) in [4.78, 5) is 2.57. The average molecular weight is 257 g/mol. The van der Waals surface area contributed by atoms with Crippen LogP contribution >= 0.6 is 11.8 Å². The molecule has 0 bridgehead atoms. The number of thioether (sulfide) groups is 1. The molecule has 0 amide bonds. The maximum Gasteiger partial charge on any atom is 0.0631 e. The summed E-state index contributed by atoms with van der Waals surface area (Å²) < 4.78 is 0. The van der Waals surface area contributed by atoms with E-state index in [-0.39, 0.29) is 11.5 Å². The van der Waals surface area contributed by atoms with Crippen LogP contribution in [0.2, 0.25) is 0 Å². The molecule has 0 aromatic heterocycles. The van der Waals surface area contributed by atoms with Gasteiger partial charge in [-0.25, -0.2) is 0 Å². The Kier molecular flexibility index (Phi) is 4.11. The van der Waals surface area contributed by atoms with Crippen molar-refractivity contribution in [3.63, 3.8) is 0 Å². The molecule has 0 aromatic rings. The first-order chi connectivity index (χ1) is 7.88. The zero-order chi connectivity index (χ0) is 12.6. The minimum Gasteiger partial charge on any atom is -0.392 e. The van der Waals surface area contributed by atoms with E-state index in [1.807, 2.05) is 0 Å². The smallest absolute Gasteiger partial charge is 0.0631 e. The van der Waals surface area contributed by atoms with Crippen molar-refractivity contribution in [2.75, 3.05) is 19.6 Å². The molecule has 2 fully saturated rings. The highest BCUT2D eigenvalue weighted by molar-refractivity contribution is 8.00. The van der Waals surface area contributed by atoms with Crippen LogP contribution in [0.25, 0.3) is 0 Å². The van der Waals surface area contributed by atoms with Gasteiger partial charge in [-0.2, -0.15) is 11.8 Å². The van der Waals surface area contributed by atoms with E-state index in [9.17, 15) is 5.11 Å². The Morgan fingerprint density at radius 3 is 2.29 bits per heavy atom. The third-order valence-corrected chi connectivity index (χ3v) is 5.62. The zero-order valence-electron chi connectivity index (χ0n) is 11.6. The molecule has 0 spiro atoms. The number of aliphatic hydroxyl groups excluding tert-OH is 1. The minimum absolute atomic E-state index is 0.109. The Hall–Kier alpha value is 0.270. The molecule has 4 unspecified atom stereocenters. The van der Waals surface area contributed by atoms with E-state index < -0.39 is 0 Å². The van der Waals surface area contributed by atoms with Crippen LogP contribution in [0.1, 0.15) is 40.5 Å². The molecule has 4 atom stereocenters. The van der Waals surface area contributed by atoms with E-state index in [2.05, 4.69) is 44.4 Å². The van der Waals surface area contributed by atoms with Crippen molar-refractivity contribution in [3.05, 3.63) is 0 Å². The number of aliphatic hydroxyl groups is 1. The van der Waals surface area contributed by atoms with Gasteiger partial charge in [-0.05, 0) is 24.2 Å². The Labute approximate surface area is 110 Å². The van der Waals surface area contributed by atoms with E-state index >= 15 is 0 Å². The van der Waals surface area contributed by atoms with Crippen LogP contribution in [0.15, 0.2) is 0 Å². The van der Waals surface area contributed by atoms with Gasteiger partial charge in [0.1, 0.15) is 0 Å². The Bertz CT molecular complexity index is 259.